The van der Waals surface area contributed by atoms with Crippen LogP contribution in [0.1, 0.15) is 23.6 Å². The summed E-state index contributed by atoms with van der Waals surface area (Å²) < 4.78 is 0. The van der Waals surface area contributed by atoms with E-state index in [1.54, 1.807) is 54.7 Å². The maximum atomic E-state index is 12.9. The molecule has 0 saturated heterocycles. The predicted octanol–water partition coefficient (Wildman–Crippen LogP) is 4.13. The van der Waals surface area contributed by atoms with Gasteiger partial charge < -0.3 is 5.11 Å². The van der Waals surface area contributed by atoms with Crippen molar-refractivity contribution in [2.24, 2.45) is 5.10 Å². The number of nitrogens with one attached hydrogen (secondary N) is 1. The van der Waals surface area contributed by atoms with Crippen molar-refractivity contribution in [1.29, 1.82) is 0 Å². The van der Waals surface area contributed by atoms with Gasteiger partial charge >= 0.3 is 0 Å². The lowest BCUT2D eigenvalue weighted by Crippen LogP contribution is -2.43. The van der Waals surface area contributed by atoms with E-state index in [4.69, 9.17) is 0 Å². The smallest absolute Gasteiger partial charge is 0.281 e. The van der Waals surface area contributed by atoms with Crippen LogP contribution in [0.4, 0.5) is 0 Å². The highest BCUT2D eigenvalue weighted by Gasteiger charge is 2.39. The van der Waals surface area contributed by atoms with Crippen molar-refractivity contribution in [3.05, 3.63) is 113 Å². The third kappa shape index (κ3) is 4.42. The molecule has 3 aromatic carbocycles. The Morgan fingerprint density at radius 2 is 1.32 bits per heavy atom. The molecule has 2 N–H and O–H groups in total. The predicted molar refractivity (Wildman–Crippen MR) is 113 cm³/mol. The minimum Gasteiger partial charge on any atom is -0.372 e. The summed E-state index contributed by atoms with van der Waals surface area (Å²) in [6.07, 6.45) is 3.51. The van der Waals surface area contributed by atoms with Gasteiger partial charge in [-0.25, -0.2) is 5.43 Å². The number of nitrogens with zero attached hydrogens (tertiary/aromatic N) is 1. The summed E-state index contributed by atoms with van der Waals surface area (Å²) in [6.45, 7) is 1.89. The van der Waals surface area contributed by atoms with Gasteiger partial charge in [0.05, 0.1) is 6.21 Å². The molecular weight excluding hydrogens is 348 g/mol. The first-order valence-electron chi connectivity index (χ1n) is 9.01. The molecule has 0 unspecified atom stereocenters. The van der Waals surface area contributed by atoms with E-state index in [0.29, 0.717) is 11.1 Å². The fraction of sp³-hybridized carbons (Fsp3) is 0.0833. The van der Waals surface area contributed by atoms with Gasteiger partial charge in [0.1, 0.15) is 0 Å². The molecule has 0 bridgehead atoms. The highest BCUT2D eigenvalue weighted by atomic mass is 16.3. The van der Waals surface area contributed by atoms with E-state index in [1.807, 2.05) is 55.5 Å². The number of aliphatic hydroxyl groups is 1. The largest absolute Gasteiger partial charge is 0.372 e. The molecule has 140 valence electrons. The van der Waals surface area contributed by atoms with E-state index in [2.05, 4.69) is 10.5 Å². The Balaban J connectivity index is 1.82. The number of carbonyl (C=O) groups excluding carboxylic acids is 1. The monoisotopic (exact) mass is 370 g/mol. The van der Waals surface area contributed by atoms with Gasteiger partial charge in [-0.3, -0.25) is 4.79 Å². The minimum absolute atomic E-state index is 0.477. The highest BCUT2D eigenvalue weighted by Crippen LogP contribution is 2.29. The lowest BCUT2D eigenvalue weighted by molar-refractivity contribution is -0.136. The molecule has 0 atom stereocenters. The van der Waals surface area contributed by atoms with E-state index in [1.165, 1.54) is 0 Å². The highest BCUT2D eigenvalue weighted by molar-refractivity contribution is 5.91. The van der Waals surface area contributed by atoms with Crippen molar-refractivity contribution in [3.63, 3.8) is 0 Å². The molecule has 1 amide bonds. The first-order chi connectivity index (χ1) is 13.6. The molecule has 0 spiro atoms. The summed E-state index contributed by atoms with van der Waals surface area (Å²) >= 11 is 0. The van der Waals surface area contributed by atoms with Crippen LogP contribution in [0.3, 0.4) is 0 Å². The average Bonchev–Trinajstić information content (AvgIpc) is 2.75. The molecule has 4 heteroatoms. The summed E-state index contributed by atoms with van der Waals surface area (Å²) in [4.78, 5) is 12.9. The molecule has 28 heavy (non-hydrogen) atoms. The molecule has 0 heterocycles. The Bertz CT molecular complexity index is 926. The summed E-state index contributed by atoms with van der Waals surface area (Å²) in [7, 11) is 0. The maximum Gasteiger partial charge on any atom is 0.281 e. The molecule has 0 radical (unpaired) electrons. The Morgan fingerprint density at radius 3 is 1.82 bits per heavy atom. The van der Waals surface area contributed by atoms with Crippen molar-refractivity contribution in [3.8, 4) is 0 Å². The molecular formula is C24H22N2O2. The maximum absolute atomic E-state index is 12.9. The van der Waals surface area contributed by atoms with Crippen LogP contribution >= 0.6 is 0 Å². The summed E-state index contributed by atoms with van der Waals surface area (Å²) in [5, 5.41) is 15.4. The second-order valence-corrected chi connectivity index (χ2v) is 6.44. The molecule has 0 aliphatic carbocycles. The molecule has 3 rings (SSSR count). The topological polar surface area (TPSA) is 61.7 Å². The van der Waals surface area contributed by atoms with Gasteiger partial charge in [-0.05, 0) is 29.2 Å². The van der Waals surface area contributed by atoms with Crippen molar-refractivity contribution in [1.82, 2.24) is 5.43 Å². The SMILES string of the molecule is CC(/C=N/NC(=O)C(O)(c1ccccc1)c1ccccc1)=C\c1ccccc1. The van der Waals surface area contributed by atoms with Gasteiger partial charge in [0.2, 0.25) is 0 Å². The van der Waals surface area contributed by atoms with Crippen molar-refractivity contribution >= 4 is 18.2 Å². The van der Waals surface area contributed by atoms with Crippen LogP contribution in [0.5, 0.6) is 0 Å². The number of hydrazone groups is 1. The number of allylic oxidation sites excluding steroid dienone is 1. The number of benzene rings is 3. The first kappa shape index (κ1) is 19.3. The van der Waals surface area contributed by atoms with Crippen LogP contribution < -0.4 is 5.43 Å². The van der Waals surface area contributed by atoms with Crippen LogP contribution in [0.2, 0.25) is 0 Å². The van der Waals surface area contributed by atoms with Gasteiger partial charge in [-0.15, -0.1) is 0 Å². The van der Waals surface area contributed by atoms with Crippen LogP contribution in [-0.4, -0.2) is 17.2 Å². The van der Waals surface area contributed by atoms with E-state index >= 15 is 0 Å². The van der Waals surface area contributed by atoms with Gasteiger partial charge in [0.15, 0.2) is 5.60 Å². The van der Waals surface area contributed by atoms with E-state index in [9.17, 15) is 9.90 Å². The number of hydrogen-bond donors (Lipinski definition) is 2. The lowest BCUT2D eigenvalue weighted by atomic mass is 9.85. The number of carbonyl (C=O) groups is 1. The van der Waals surface area contributed by atoms with Crippen LogP contribution in [0, 0.1) is 0 Å². The number of rotatable bonds is 6. The minimum atomic E-state index is -1.84. The number of hydrogen-bond acceptors (Lipinski definition) is 3. The Kier molecular flexibility index (Phi) is 6.14. The zero-order valence-corrected chi connectivity index (χ0v) is 15.6. The molecule has 4 nitrogen and oxygen atoms in total. The van der Waals surface area contributed by atoms with Gasteiger partial charge in [-0.1, -0.05) is 97.1 Å². The van der Waals surface area contributed by atoms with Gasteiger partial charge in [0, 0.05) is 0 Å². The summed E-state index contributed by atoms with van der Waals surface area (Å²) in [6, 6.07) is 27.5. The Hall–Kier alpha value is -3.50. The van der Waals surface area contributed by atoms with Crippen LogP contribution in [0.15, 0.2) is 102 Å². The fourth-order valence-corrected chi connectivity index (χ4v) is 2.91. The third-order valence-corrected chi connectivity index (χ3v) is 4.34. The second-order valence-electron chi connectivity index (χ2n) is 6.44. The van der Waals surface area contributed by atoms with Crippen molar-refractivity contribution in [2.75, 3.05) is 0 Å². The average molecular weight is 370 g/mol. The van der Waals surface area contributed by atoms with E-state index in [-0.39, 0.29) is 0 Å². The third-order valence-electron chi connectivity index (χ3n) is 4.34. The van der Waals surface area contributed by atoms with Crippen LogP contribution in [-0.2, 0) is 10.4 Å². The zero-order chi connectivity index (χ0) is 19.8. The number of amides is 1. The van der Waals surface area contributed by atoms with Gasteiger partial charge in [0.25, 0.3) is 5.91 Å². The second kappa shape index (κ2) is 8.93. The molecule has 0 aliphatic rings. The van der Waals surface area contributed by atoms with Gasteiger partial charge in [-0.2, -0.15) is 5.10 Å². The molecule has 3 aromatic rings. The normalized spacial score (nSPS) is 12.1. The lowest BCUT2D eigenvalue weighted by Gasteiger charge is -2.27. The van der Waals surface area contributed by atoms with E-state index < -0.39 is 11.5 Å². The zero-order valence-electron chi connectivity index (χ0n) is 15.6. The van der Waals surface area contributed by atoms with Crippen LogP contribution in [0.25, 0.3) is 6.08 Å². The summed E-state index contributed by atoms with van der Waals surface area (Å²) in [5.41, 5.74) is 3.51. The van der Waals surface area contributed by atoms with Crippen molar-refractivity contribution < 1.29 is 9.90 Å². The fourth-order valence-electron chi connectivity index (χ4n) is 2.91. The quantitative estimate of drug-likeness (QED) is 0.506. The Labute approximate surface area is 164 Å². The molecule has 0 saturated carbocycles. The van der Waals surface area contributed by atoms with Crippen molar-refractivity contribution in [2.45, 2.75) is 12.5 Å². The molecule has 0 fully saturated rings. The first-order valence-corrected chi connectivity index (χ1v) is 9.01. The molecule has 0 aliphatic heterocycles. The summed E-state index contributed by atoms with van der Waals surface area (Å²) in [5.74, 6) is -0.617. The standard InChI is InChI=1S/C24H22N2O2/c1-19(17-20-11-5-2-6-12-20)18-25-26-23(27)24(28,21-13-7-3-8-14-21)22-15-9-4-10-16-22/h2-18,28H,1H3,(H,26,27)/b19-17+,25-18+. The van der Waals surface area contributed by atoms with E-state index in [0.717, 1.165) is 11.1 Å². The molecule has 0 aromatic heterocycles. The Morgan fingerprint density at radius 1 is 0.857 bits per heavy atom.